The lowest BCUT2D eigenvalue weighted by atomic mass is 9.95. The summed E-state index contributed by atoms with van der Waals surface area (Å²) in [5.41, 5.74) is 0.711. The first-order valence-corrected chi connectivity index (χ1v) is 12.8. The molecule has 0 amide bonds. The van der Waals surface area contributed by atoms with Gasteiger partial charge < -0.3 is 23.7 Å². The lowest BCUT2D eigenvalue weighted by Crippen LogP contribution is -2.40. The topological polar surface area (TPSA) is 141 Å². The summed E-state index contributed by atoms with van der Waals surface area (Å²) in [7, 11) is 5.72. The molecule has 1 aromatic heterocycles. The van der Waals surface area contributed by atoms with Gasteiger partial charge in [-0.3, -0.25) is 19.5 Å². The number of ether oxygens (including phenoxy) is 5. The number of hydrogen-bond donors (Lipinski definition) is 0. The van der Waals surface area contributed by atoms with Crippen molar-refractivity contribution in [2.24, 2.45) is 4.99 Å². The van der Waals surface area contributed by atoms with Crippen molar-refractivity contribution in [3.8, 4) is 23.0 Å². The highest BCUT2D eigenvalue weighted by Gasteiger charge is 2.34. The molecule has 0 radical (unpaired) electrons. The maximum atomic E-state index is 13.9. The predicted octanol–water partition coefficient (Wildman–Crippen LogP) is 2.74. The molecule has 0 bridgehead atoms. The van der Waals surface area contributed by atoms with E-state index in [1.54, 1.807) is 32.0 Å². The van der Waals surface area contributed by atoms with Gasteiger partial charge in [-0.05, 0) is 37.6 Å². The van der Waals surface area contributed by atoms with Crippen LogP contribution in [0.15, 0.2) is 51.4 Å². The number of nitro benzene ring substituents is 1. The first-order chi connectivity index (χ1) is 19.2. The zero-order valence-corrected chi connectivity index (χ0v) is 23.5. The van der Waals surface area contributed by atoms with Gasteiger partial charge in [0.15, 0.2) is 16.3 Å². The maximum absolute atomic E-state index is 13.9. The number of fused-ring (bicyclic) bond motifs is 1. The molecule has 2 aromatic carbocycles. The van der Waals surface area contributed by atoms with Gasteiger partial charge in [0.2, 0.25) is 5.75 Å². The number of carbonyl (C=O) groups excluding carboxylic acids is 1. The van der Waals surface area contributed by atoms with E-state index in [0.29, 0.717) is 33.1 Å². The summed E-state index contributed by atoms with van der Waals surface area (Å²) < 4.78 is 28.3. The van der Waals surface area contributed by atoms with E-state index in [1.165, 1.54) is 51.2 Å². The van der Waals surface area contributed by atoms with Crippen molar-refractivity contribution in [3.63, 3.8) is 0 Å². The Morgan fingerprint density at radius 1 is 1.05 bits per heavy atom. The Hall–Kier alpha value is -4.65. The molecule has 1 aliphatic heterocycles. The van der Waals surface area contributed by atoms with Crippen LogP contribution < -0.4 is 33.8 Å². The van der Waals surface area contributed by atoms with Crippen LogP contribution in [0.25, 0.3) is 6.08 Å². The predicted molar refractivity (Wildman–Crippen MR) is 146 cm³/mol. The van der Waals surface area contributed by atoms with E-state index in [9.17, 15) is 19.7 Å². The molecule has 0 saturated carbocycles. The minimum atomic E-state index is -0.885. The molecule has 1 aliphatic rings. The van der Waals surface area contributed by atoms with Gasteiger partial charge in [0.05, 0.1) is 61.8 Å². The SMILES string of the molecule is CCOC(=O)C1=C(C)N=c2s/c(=C\c3cc([N+](=O)[O-])c(OC)cc3OC)c(=O)n2[C@H]1c1ccc(OC)c(OC)c1. The number of hydrogen-bond acceptors (Lipinski definition) is 11. The molecule has 0 fully saturated rings. The summed E-state index contributed by atoms with van der Waals surface area (Å²) in [6, 6.07) is 6.88. The highest BCUT2D eigenvalue weighted by molar-refractivity contribution is 7.07. The van der Waals surface area contributed by atoms with Gasteiger partial charge in [0.25, 0.3) is 5.56 Å². The smallest absolute Gasteiger partial charge is 0.338 e. The Balaban J connectivity index is 2.00. The number of nitro groups is 1. The van der Waals surface area contributed by atoms with Crippen molar-refractivity contribution in [1.29, 1.82) is 0 Å². The van der Waals surface area contributed by atoms with E-state index in [1.807, 2.05) is 0 Å². The summed E-state index contributed by atoms with van der Waals surface area (Å²) in [4.78, 5) is 43.0. The number of esters is 1. The normalized spacial score (nSPS) is 14.8. The van der Waals surface area contributed by atoms with Crippen LogP contribution in [0.3, 0.4) is 0 Å². The van der Waals surface area contributed by atoms with E-state index in [-0.39, 0.29) is 33.9 Å². The molecule has 40 heavy (non-hydrogen) atoms. The van der Waals surface area contributed by atoms with E-state index in [4.69, 9.17) is 23.7 Å². The number of aromatic nitrogens is 1. The molecule has 2 heterocycles. The van der Waals surface area contributed by atoms with Crippen molar-refractivity contribution in [2.75, 3.05) is 35.0 Å². The van der Waals surface area contributed by atoms with Crippen LogP contribution in [0.5, 0.6) is 23.0 Å². The molecule has 0 unspecified atom stereocenters. The Kier molecular flexibility index (Phi) is 8.24. The quantitative estimate of drug-likeness (QED) is 0.216. The first-order valence-electron chi connectivity index (χ1n) is 12.0. The van der Waals surface area contributed by atoms with Gasteiger partial charge in [-0.25, -0.2) is 9.79 Å². The van der Waals surface area contributed by atoms with E-state index >= 15 is 0 Å². The van der Waals surface area contributed by atoms with Crippen LogP contribution in [-0.4, -0.2) is 50.5 Å². The zero-order chi connectivity index (χ0) is 29.1. The van der Waals surface area contributed by atoms with Crippen LogP contribution in [0.4, 0.5) is 5.69 Å². The third-order valence-electron chi connectivity index (χ3n) is 6.25. The molecule has 12 nitrogen and oxygen atoms in total. The molecule has 4 rings (SSSR count). The molecule has 3 aromatic rings. The number of nitrogens with zero attached hydrogens (tertiary/aromatic N) is 3. The van der Waals surface area contributed by atoms with Crippen molar-refractivity contribution in [3.05, 3.63) is 82.5 Å². The molecule has 0 spiro atoms. The second kappa shape index (κ2) is 11.6. The van der Waals surface area contributed by atoms with Gasteiger partial charge in [-0.1, -0.05) is 17.4 Å². The van der Waals surface area contributed by atoms with Crippen molar-refractivity contribution in [1.82, 2.24) is 4.57 Å². The van der Waals surface area contributed by atoms with Gasteiger partial charge in [0, 0.05) is 17.7 Å². The Labute approximate surface area is 232 Å². The fourth-order valence-corrected chi connectivity index (χ4v) is 5.47. The molecule has 0 N–H and O–H groups in total. The Bertz CT molecular complexity index is 1700. The van der Waals surface area contributed by atoms with Crippen LogP contribution >= 0.6 is 11.3 Å². The number of allylic oxidation sites excluding steroid dienone is 1. The van der Waals surface area contributed by atoms with Gasteiger partial charge >= 0.3 is 11.7 Å². The standard InChI is InChI=1S/C27H27N3O9S/c1-7-39-26(32)23-14(2)28-27-29(24(23)15-8-9-18(35-3)21(11-15)38-6)25(31)22(40-27)12-16-10-17(30(33)34)20(37-5)13-19(16)36-4/h8-13,24H,7H2,1-6H3/b22-12-/t24-/m0/s1. The Morgan fingerprint density at radius 3 is 2.33 bits per heavy atom. The van der Waals surface area contributed by atoms with E-state index < -0.39 is 22.5 Å². The fourth-order valence-electron chi connectivity index (χ4n) is 4.43. The lowest BCUT2D eigenvalue weighted by Gasteiger charge is -2.25. The molecular formula is C27H27N3O9S. The first kappa shape index (κ1) is 28.4. The monoisotopic (exact) mass is 569 g/mol. The summed E-state index contributed by atoms with van der Waals surface area (Å²) >= 11 is 1.08. The summed E-state index contributed by atoms with van der Waals surface area (Å²) in [5.74, 6) is 0.572. The van der Waals surface area contributed by atoms with Crippen LogP contribution in [0, 0.1) is 10.1 Å². The molecule has 210 valence electrons. The maximum Gasteiger partial charge on any atom is 0.338 e. The number of thiazole rings is 1. The second-order valence-electron chi connectivity index (χ2n) is 8.44. The fraction of sp³-hybridized carbons (Fsp3) is 0.296. The zero-order valence-electron chi connectivity index (χ0n) is 22.7. The van der Waals surface area contributed by atoms with Crippen molar-refractivity contribution >= 4 is 29.1 Å². The largest absolute Gasteiger partial charge is 0.496 e. The summed E-state index contributed by atoms with van der Waals surface area (Å²) in [6.07, 6.45) is 1.49. The lowest BCUT2D eigenvalue weighted by molar-refractivity contribution is -0.385. The van der Waals surface area contributed by atoms with E-state index in [2.05, 4.69) is 4.99 Å². The number of benzene rings is 2. The number of rotatable bonds is 9. The molecule has 1 atom stereocenters. The Morgan fingerprint density at radius 2 is 1.73 bits per heavy atom. The molecule has 0 saturated heterocycles. The molecular weight excluding hydrogens is 542 g/mol. The van der Waals surface area contributed by atoms with E-state index in [0.717, 1.165) is 11.3 Å². The van der Waals surface area contributed by atoms with Gasteiger partial charge in [-0.15, -0.1) is 0 Å². The highest BCUT2D eigenvalue weighted by atomic mass is 32.1. The number of carbonyl (C=O) groups is 1. The molecule has 13 heteroatoms. The molecule has 0 aliphatic carbocycles. The van der Waals surface area contributed by atoms with Crippen LogP contribution in [0.1, 0.15) is 31.0 Å². The van der Waals surface area contributed by atoms with Gasteiger partial charge in [-0.2, -0.15) is 0 Å². The second-order valence-corrected chi connectivity index (χ2v) is 9.45. The highest BCUT2D eigenvalue weighted by Crippen LogP contribution is 2.37. The van der Waals surface area contributed by atoms with Crippen LogP contribution in [-0.2, 0) is 9.53 Å². The average Bonchev–Trinajstić information content (AvgIpc) is 3.25. The average molecular weight is 570 g/mol. The summed E-state index contributed by atoms with van der Waals surface area (Å²) in [5, 5.41) is 11.6. The van der Waals surface area contributed by atoms with Crippen molar-refractivity contribution < 1.29 is 33.4 Å². The minimum Gasteiger partial charge on any atom is -0.496 e. The van der Waals surface area contributed by atoms with Crippen LogP contribution in [0.2, 0.25) is 0 Å². The summed E-state index contributed by atoms with van der Waals surface area (Å²) in [6.45, 7) is 3.50. The minimum absolute atomic E-state index is 0.0172. The third-order valence-corrected chi connectivity index (χ3v) is 7.24. The number of methoxy groups -OCH3 is 4. The van der Waals surface area contributed by atoms with Gasteiger partial charge in [0.1, 0.15) is 5.75 Å². The van der Waals surface area contributed by atoms with Crippen molar-refractivity contribution in [2.45, 2.75) is 19.9 Å². The third kappa shape index (κ3) is 5.02.